The summed E-state index contributed by atoms with van der Waals surface area (Å²) in [6, 6.07) is 204. The molecule has 0 N–H and O–H groups in total. The Bertz CT molecular complexity index is 9450. The summed E-state index contributed by atoms with van der Waals surface area (Å²) >= 11 is 0. The standard InChI is InChI=1S/C138H90N4/c1-5-42-106(43-6-1)137(107-44-7-2-8-45-107)126-55-23-21-53-118(126)119-77-74-113(89-128(119)137)139(112-73-64-91-30-13-14-34-101(91)84-112)110-69-60-92(61-70-110)97-38-25-41-100(82-97)104-68-81-135-125(87-104)122-76-65-105(88-136(122)142(135)132-59-29-37-96-33-17-20-52-117(96)132)102-66-79-127-123(85-102)120-78-75-114(90-129(120)138(127,108-46-9-3-10-47-108)109-48-11-4-12-49-109)140(130-57-27-35-94-31-15-18-50-115(94)130)111-71-62-93(63-72-111)98-39-26-40-99(83-98)103-67-80-134-124(86-103)121-54-22-24-56-133(121)141(134)131-58-28-36-95-32-16-19-51-116(95)131/h1-90H. The van der Waals surface area contributed by atoms with Crippen molar-refractivity contribution < 1.29 is 0 Å². The molecule has 0 bridgehead atoms. The van der Waals surface area contributed by atoms with Crippen molar-refractivity contribution >= 4 is 121 Å². The van der Waals surface area contributed by atoms with Crippen LogP contribution in [0.3, 0.4) is 0 Å². The second kappa shape index (κ2) is 33.2. The van der Waals surface area contributed by atoms with E-state index in [1.807, 2.05) is 0 Å². The van der Waals surface area contributed by atoms with Gasteiger partial charge in [0.15, 0.2) is 0 Å². The summed E-state index contributed by atoms with van der Waals surface area (Å²) in [4.78, 5) is 4.94. The number of rotatable bonds is 17. The smallest absolute Gasteiger partial charge is 0.0714 e. The second-order valence-electron chi connectivity index (χ2n) is 38.1. The number of nitrogens with zero attached hydrogens (tertiary/aromatic N) is 4. The first-order valence-electron chi connectivity index (χ1n) is 49.2. The van der Waals surface area contributed by atoms with Crippen molar-refractivity contribution in [1.82, 2.24) is 9.13 Å². The lowest BCUT2D eigenvalue weighted by Crippen LogP contribution is -2.28. The number of benzene rings is 24. The van der Waals surface area contributed by atoms with Crippen LogP contribution in [0, 0.1) is 0 Å². The van der Waals surface area contributed by atoms with Gasteiger partial charge in [-0.1, -0.05) is 413 Å². The molecule has 26 aromatic rings. The van der Waals surface area contributed by atoms with E-state index in [1.165, 1.54) is 159 Å². The van der Waals surface area contributed by atoms with Gasteiger partial charge in [0.05, 0.1) is 50.0 Å². The molecular weight excluding hydrogens is 1710 g/mol. The van der Waals surface area contributed by atoms with Crippen molar-refractivity contribution in [3.63, 3.8) is 0 Å². The number of para-hydroxylation sites is 1. The lowest BCUT2D eigenvalue weighted by atomic mass is 9.67. The molecule has 4 nitrogen and oxygen atoms in total. The third-order valence-corrected chi connectivity index (χ3v) is 30.6. The van der Waals surface area contributed by atoms with Gasteiger partial charge >= 0.3 is 0 Å². The first kappa shape index (κ1) is 81.8. The molecule has 0 spiro atoms. The Hall–Kier alpha value is -18.5. The van der Waals surface area contributed by atoms with Crippen LogP contribution in [0.4, 0.5) is 34.1 Å². The van der Waals surface area contributed by atoms with E-state index in [0.717, 1.165) is 95.4 Å². The monoisotopic (exact) mass is 1800 g/mol. The van der Waals surface area contributed by atoms with Crippen molar-refractivity contribution in [2.75, 3.05) is 9.80 Å². The van der Waals surface area contributed by atoms with Gasteiger partial charge in [-0.25, -0.2) is 0 Å². The minimum atomic E-state index is -0.715. The SMILES string of the molecule is c1ccc(C2(c3ccccc3)c3ccccc3-c3ccc(N(c4ccc(-c5cccc(-c6ccc7c(c6)c6ccc(-c8ccc9c(c8)-c8ccc(N(c%10ccc(-c%11cccc(-c%12ccc%13c(c%12)c%12ccccc%12n%13-c%12cccc%13ccccc%12%13)c%11)cc%10)c%10cccc%11ccccc%10%11)cc8C9(c8ccccc8)c8ccccc8)cc6n7-c6cccc7ccccc67)c5)cc4)c4ccc5ccccc5c4)cc32)cc1. The van der Waals surface area contributed by atoms with E-state index in [9.17, 15) is 0 Å². The Morgan fingerprint density at radius 1 is 0.148 bits per heavy atom. The zero-order valence-corrected chi connectivity index (χ0v) is 77.8. The van der Waals surface area contributed by atoms with Gasteiger partial charge in [0.2, 0.25) is 0 Å². The Morgan fingerprint density at radius 3 is 1.06 bits per heavy atom. The van der Waals surface area contributed by atoms with Gasteiger partial charge in [-0.3, -0.25) is 0 Å². The minimum absolute atomic E-state index is 0.557. The number of hydrogen-bond acceptors (Lipinski definition) is 2. The molecule has 0 saturated heterocycles. The fraction of sp³-hybridized carbons (Fsp3) is 0.0145. The highest BCUT2D eigenvalue weighted by atomic mass is 15.2. The van der Waals surface area contributed by atoms with E-state index in [2.05, 4.69) is 565 Å². The van der Waals surface area contributed by atoms with Crippen LogP contribution in [0.5, 0.6) is 0 Å². The van der Waals surface area contributed by atoms with Gasteiger partial charge in [0, 0.05) is 66.1 Å². The summed E-state index contributed by atoms with van der Waals surface area (Å²) in [5.74, 6) is 0. The summed E-state index contributed by atoms with van der Waals surface area (Å²) < 4.78 is 4.96. The third-order valence-electron chi connectivity index (χ3n) is 30.6. The number of aromatic nitrogens is 2. The minimum Gasteiger partial charge on any atom is -0.310 e. The Kier molecular flexibility index (Phi) is 19.1. The average Bonchev–Trinajstić information content (AvgIpc) is 1.53. The summed E-state index contributed by atoms with van der Waals surface area (Å²) in [5, 5.41) is 14.4. The van der Waals surface area contributed by atoms with Gasteiger partial charge in [-0.05, 0) is 283 Å². The molecule has 28 rings (SSSR count). The molecule has 2 heterocycles. The summed E-state index contributed by atoms with van der Waals surface area (Å²) in [5.41, 5.74) is 38.5. The third kappa shape index (κ3) is 13.0. The van der Waals surface area contributed by atoms with Gasteiger partial charge in [0.25, 0.3) is 0 Å². The largest absolute Gasteiger partial charge is 0.310 e. The zero-order chi connectivity index (χ0) is 93.5. The highest BCUT2D eigenvalue weighted by Crippen LogP contribution is 2.61. The lowest BCUT2D eigenvalue weighted by molar-refractivity contribution is 0.768. The summed E-state index contributed by atoms with van der Waals surface area (Å²) in [6.45, 7) is 0. The first-order chi connectivity index (χ1) is 70.4. The Labute approximate surface area is 824 Å². The van der Waals surface area contributed by atoms with Crippen LogP contribution in [0.2, 0.25) is 0 Å². The summed E-state index contributed by atoms with van der Waals surface area (Å²) in [6.07, 6.45) is 0. The molecule has 142 heavy (non-hydrogen) atoms. The van der Waals surface area contributed by atoms with Crippen molar-refractivity contribution in [3.05, 3.63) is 590 Å². The predicted octanol–water partition coefficient (Wildman–Crippen LogP) is 36.5. The Morgan fingerprint density at radius 2 is 0.493 bits per heavy atom. The molecule has 24 aromatic carbocycles. The highest BCUT2D eigenvalue weighted by Gasteiger charge is 2.49. The molecule has 0 radical (unpaired) electrons. The van der Waals surface area contributed by atoms with E-state index in [0.29, 0.717) is 0 Å². The van der Waals surface area contributed by atoms with E-state index in [-0.39, 0.29) is 0 Å². The average molecular weight is 1800 g/mol. The van der Waals surface area contributed by atoms with E-state index in [4.69, 9.17) is 0 Å². The Balaban J connectivity index is 0.540. The van der Waals surface area contributed by atoms with Crippen LogP contribution in [0.1, 0.15) is 44.5 Å². The van der Waals surface area contributed by atoms with Crippen LogP contribution in [-0.4, -0.2) is 9.13 Å². The lowest BCUT2D eigenvalue weighted by Gasteiger charge is -2.35. The number of anilines is 6. The van der Waals surface area contributed by atoms with Crippen LogP contribution < -0.4 is 9.80 Å². The van der Waals surface area contributed by atoms with Crippen molar-refractivity contribution in [3.8, 4) is 89.3 Å². The maximum absolute atomic E-state index is 2.52. The molecular formula is C138H90N4. The molecule has 2 aliphatic carbocycles. The summed E-state index contributed by atoms with van der Waals surface area (Å²) in [7, 11) is 0. The molecule has 0 atom stereocenters. The molecule has 0 amide bonds. The predicted molar refractivity (Wildman–Crippen MR) is 596 cm³/mol. The molecule has 0 unspecified atom stereocenters. The molecule has 2 aliphatic rings. The van der Waals surface area contributed by atoms with E-state index in [1.54, 1.807) is 0 Å². The van der Waals surface area contributed by atoms with Crippen LogP contribution >= 0.6 is 0 Å². The quantitative estimate of drug-likeness (QED) is 0.0903. The maximum atomic E-state index is 2.52. The van der Waals surface area contributed by atoms with Crippen LogP contribution in [-0.2, 0) is 10.8 Å². The zero-order valence-electron chi connectivity index (χ0n) is 77.8. The number of fused-ring (bicyclic) bond motifs is 16. The molecule has 0 aliphatic heterocycles. The van der Waals surface area contributed by atoms with Gasteiger partial charge in [-0.15, -0.1) is 0 Å². The molecule has 4 heteroatoms. The fourth-order valence-electron chi connectivity index (χ4n) is 24.2. The van der Waals surface area contributed by atoms with Crippen LogP contribution in [0.15, 0.2) is 546 Å². The maximum Gasteiger partial charge on any atom is 0.0714 e. The molecule has 0 fully saturated rings. The van der Waals surface area contributed by atoms with Crippen molar-refractivity contribution in [2.24, 2.45) is 0 Å². The molecule has 2 aromatic heterocycles. The van der Waals surface area contributed by atoms with Gasteiger partial charge < -0.3 is 18.9 Å². The van der Waals surface area contributed by atoms with Gasteiger partial charge in [-0.2, -0.15) is 0 Å². The molecule has 0 saturated carbocycles. The normalized spacial score (nSPS) is 12.8. The molecule has 662 valence electrons. The topological polar surface area (TPSA) is 16.3 Å². The van der Waals surface area contributed by atoms with Crippen LogP contribution in [0.25, 0.3) is 176 Å². The second-order valence-corrected chi connectivity index (χ2v) is 38.1. The van der Waals surface area contributed by atoms with Gasteiger partial charge in [0.1, 0.15) is 0 Å². The van der Waals surface area contributed by atoms with Crippen molar-refractivity contribution in [2.45, 2.75) is 10.8 Å². The highest BCUT2D eigenvalue weighted by molar-refractivity contribution is 6.15. The van der Waals surface area contributed by atoms with Crippen molar-refractivity contribution in [1.29, 1.82) is 0 Å². The fourth-order valence-corrected chi connectivity index (χ4v) is 24.2. The van der Waals surface area contributed by atoms with E-state index >= 15 is 0 Å². The first-order valence-corrected chi connectivity index (χ1v) is 49.2. The number of hydrogen-bond donors (Lipinski definition) is 0. The van der Waals surface area contributed by atoms with E-state index < -0.39 is 10.8 Å².